The molecule has 0 fully saturated rings. The van der Waals surface area contributed by atoms with Crippen LogP contribution in [0.3, 0.4) is 0 Å². The van der Waals surface area contributed by atoms with E-state index in [-0.39, 0.29) is 0 Å². The summed E-state index contributed by atoms with van der Waals surface area (Å²) in [5, 5.41) is 0. The topological polar surface area (TPSA) is 18.5 Å². The van der Waals surface area contributed by atoms with Gasteiger partial charge in [-0.3, -0.25) is 0 Å². The van der Waals surface area contributed by atoms with Gasteiger partial charge >= 0.3 is 0 Å². The van der Waals surface area contributed by atoms with E-state index in [1.165, 1.54) is 0 Å². The Kier molecular flexibility index (Phi) is 3.61. The van der Waals surface area contributed by atoms with Crippen molar-refractivity contribution in [2.45, 2.75) is 6.92 Å². The van der Waals surface area contributed by atoms with Gasteiger partial charge in [-0.05, 0) is 30.7 Å². The fourth-order valence-electron chi connectivity index (χ4n) is 0.891. The third kappa shape index (κ3) is 2.93. The summed E-state index contributed by atoms with van der Waals surface area (Å²) in [6.45, 7) is 3.21. The third-order valence-corrected chi connectivity index (χ3v) is 1.47. The minimum Gasteiger partial charge on any atom is -0.491 e. The first-order valence-corrected chi connectivity index (χ1v) is 3.93. The van der Waals surface area contributed by atoms with Gasteiger partial charge in [0.1, 0.15) is 12.4 Å². The van der Waals surface area contributed by atoms with Crippen LogP contribution in [0.2, 0.25) is 0 Å². The van der Waals surface area contributed by atoms with Gasteiger partial charge in [-0.25, -0.2) is 0 Å². The van der Waals surface area contributed by atoms with Gasteiger partial charge in [-0.1, -0.05) is 6.07 Å². The van der Waals surface area contributed by atoms with Gasteiger partial charge in [0.15, 0.2) is 0 Å². The van der Waals surface area contributed by atoms with Crippen LogP contribution >= 0.6 is 0 Å². The molecule has 12 heavy (non-hydrogen) atoms. The van der Waals surface area contributed by atoms with Crippen LogP contribution in [0.15, 0.2) is 18.2 Å². The zero-order valence-electron chi connectivity index (χ0n) is 7.46. The first kappa shape index (κ1) is 9.07. The third-order valence-electron chi connectivity index (χ3n) is 1.47. The Morgan fingerprint density at radius 3 is 2.92 bits per heavy atom. The second kappa shape index (κ2) is 4.78. The molecule has 0 unspecified atom stereocenters. The van der Waals surface area contributed by atoms with E-state index in [0.717, 1.165) is 11.3 Å². The van der Waals surface area contributed by atoms with Crippen molar-refractivity contribution in [2.75, 3.05) is 20.3 Å². The van der Waals surface area contributed by atoms with Gasteiger partial charge in [0, 0.05) is 7.11 Å². The molecule has 0 aliphatic carbocycles. The van der Waals surface area contributed by atoms with E-state index in [4.69, 9.17) is 9.47 Å². The van der Waals surface area contributed by atoms with Crippen molar-refractivity contribution >= 4 is 0 Å². The first-order chi connectivity index (χ1) is 5.83. The molecule has 0 aliphatic heterocycles. The maximum atomic E-state index is 5.38. The van der Waals surface area contributed by atoms with Crippen LogP contribution in [-0.4, -0.2) is 20.3 Å². The van der Waals surface area contributed by atoms with Gasteiger partial charge in [0.05, 0.1) is 6.61 Å². The lowest BCUT2D eigenvalue weighted by molar-refractivity contribution is 0.146. The molecule has 65 valence electrons. The van der Waals surface area contributed by atoms with E-state index in [1.54, 1.807) is 7.11 Å². The summed E-state index contributed by atoms with van der Waals surface area (Å²) in [5.41, 5.74) is 1.09. The Balaban J connectivity index is 2.41. The monoisotopic (exact) mass is 165 g/mol. The SMILES string of the molecule is COCCOc1cc[c]c(C)c1. The minimum atomic E-state index is 0.597. The van der Waals surface area contributed by atoms with Gasteiger partial charge in [-0.2, -0.15) is 0 Å². The molecule has 0 N–H and O–H groups in total. The van der Waals surface area contributed by atoms with Crippen molar-refractivity contribution < 1.29 is 9.47 Å². The predicted molar refractivity (Wildman–Crippen MR) is 47.4 cm³/mol. The maximum Gasteiger partial charge on any atom is 0.119 e. The Hall–Kier alpha value is -1.02. The zero-order chi connectivity index (χ0) is 8.81. The molecule has 0 aromatic heterocycles. The second-order valence-electron chi connectivity index (χ2n) is 2.55. The van der Waals surface area contributed by atoms with Crippen molar-refractivity contribution in [1.82, 2.24) is 0 Å². The highest BCUT2D eigenvalue weighted by atomic mass is 16.5. The smallest absolute Gasteiger partial charge is 0.119 e. The molecular formula is C10H13O2. The van der Waals surface area contributed by atoms with Crippen molar-refractivity contribution in [3.05, 3.63) is 29.8 Å². The van der Waals surface area contributed by atoms with E-state index in [9.17, 15) is 0 Å². The lowest BCUT2D eigenvalue weighted by Gasteiger charge is -2.04. The molecule has 0 heterocycles. The number of hydrogen-bond donors (Lipinski definition) is 0. The summed E-state index contributed by atoms with van der Waals surface area (Å²) in [6.07, 6.45) is 0. The molecule has 0 aliphatic rings. The van der Waals surface area contributed by atoms with E-state index in [1.807, 2.05) is 25.1 Å². The van der Waals surface area contributed by atoms with Gasteiger partial charge in [0.25, 0.3) is 0 Å². The lowest BCUT2D eigenvalue weighted by Crippen LogP contribution is -2.04. The largest absolute Gasteiger partial charge is 0.491 e. The molecule has 0 saturated heterocycles. The average molecular weight is 165 g/mol. The summed E-state index contributed by atoms with van der Waals surface area (Å²) < 4.78 is 10.2. The molecule has 0 atom stereocenters. The van der Waals surface area contributed by atoms with Gasteiger partial charge in [-0.15, -0.1) is 0 Å². The minimum absolute atomic E-state index is 0.597. The fourth-order valence-corrected chi connectivity index (χ4v) is 0.891. The molecule has 1 aromatic carbocycles. The summed E-state index contributed by atoms with van der Waals surface area (Å²) in [7, 11) is 1.66. The number of methoxy groups -OCH3 is 1. The van der Waals surface area contributed by atoms with E-state index >= 15 is 0 Å². The molecule has 1 radical (unpaired) electrons. The number of aryl methyl sites for hydroxylation is 1. The average Bonchev–Trinajstić information content (AvgIpc) is 2.05. The quantitative estimate of drug-likeness (QED) is 0.633. The summed E-state index contributed by atoms with van der Waals surface area (Å²) in [4.78, 5) is 0. The standard InChI is InChI=1S/C10H13O2/c1-9-4-3-5-10(8-9)12-7-6-11-2/h3,5,8H,6-7H2,1-2H3. The Bertz CT molecular complexity index is 233. The molecule has 1 rings (SSSR count). The zero-order valence-corrected chi connectivity index (χ0v) is 7.46. The van der Waals surface area contributed by atoms with Crippen molar-refractivity contribution in [1.29, 1.82) is 0 Å². The highest BCUT2D eigenvalue weighted by molar-refractivity contribution is 5.26. The van der Waals surface area contributed by atoms with Crippen molar-refractivity contribution in [3.63, 3.8) is 0 Å². The van der Waals surface area contributed by atoms with Gasteiger partial charge < -0.3 is 9.47 Å². The van der Waals surface area contributed by atoms with Crippen LogP contribution in [0, 0.1) is 13.0 Å². The Morgan fingerprint density at radius 1 is 1.42 bits per heavy atom. The second-order valence-corrected chi connectivity index (χ2v) is 2.55. The van der Waals surface area contributed by atoms with Crippen molar-refractivity contribution in [3.8, 4) is 5.75 Å². The molecule has 1 aromatic rings. The van der Waals surface area contributed by atoms with Crippen LogP contribution in [0.4, 0.5) is 0 Å². The van der Waals surface area contributed by atoms with Crippen LogP contribution in [0.1, 0.15) is 5.56 Å². The highest BCUT2D eigenvalue weighted by Crippen LogP contribution is 2.11. The number of benzene rings is 1. The summed E-state index contributed by atoms with van der Waals surface area (Å²) >= 11 is 0. The fraction of sp³-hybridized carbons (Fsp3) is 0.400. The first-order valence-electron chi connectivity index (χ1n) is 3.93. The Morgan fingerprint density at radius 2 is 2.25 bits per heavy atom. The Labute approximate surface area is 73.1 Å². The molecular weight excluding hydrogens is 152 g/mol. The lowest BCUT2D eigenvalue weighted by atomic mass is 10.2. The normalized spacial score (nSPS) is 9.83. The number of rotatable bonds is 4. The van der Waals surface area contributed by atoms with E-state index in [0.29, 0.717) is 13.2 Å². The number of hydrogen-bond acceptors (Lipinski definition) is 2. The predicted octanol–water partition coefficient (Wildman–Crippen LogP) is 1.82. The highest BCUT2D eigenvalue weighted by Gasteiger charge is 1.92. The maximum absolute atomic E-state index is 5.38. The molecule has 0 amide bonds. The molecule has 0 bridgehead atoms. The van der Waals surface area contributed by atoms with Crippen LogP contribution in [-0.2, 0) is 4.74 Å². The van der Waals surface area contributed by atoms with Crippen molar-refractivity contribution in [2.24, 2.45) is 0 Å². The summed E-state index contributed by atoms with van der Waals surface area (Å²) in [6, 6.07) is 8.75. The molecule has 0 spiro atoms. The van der Waals surface area contributed by atoms with E-state index < -0.39 is 0 Å². The molecule has 2 heteroatoms. The molecule has 2 nitrogen and oxygen atoms in total. The van der Waals surface area contributed by atoms with Crippen LogP contribution < -0.4 is 4.74 Å². The summed E-state index contributed by atoms with van der Waals surface area (Å²) in [5.74, 6) is 0.878. The van der Waals surface area contributed by atoms with E-state index in [2.05, 4.69) is 6.07 Å². The van der Waals surface area contributed by atoms with Crippen LogP contribution in [0.25, 0.3) is 0 Å². The van der Waals surface area contributed by atoms with Gasteiger partial charge in [0.2, 0.25) is 0 Å². The molecule has 0 saturated carbocycles. The number of ether oxygens (including phenoxy) is 2. The van der Waals surface area contributed by atoms with Crippen LogP contribution in [0.5, 0.6) is 5.75 Å².